The number of rotatable bonds is 3. The summed E-state index contributed by atoms with van der Waals surface area (Å²) in [6.07, 6.45) is 2.05. The van der Waals surface area contributed by atoms with Crippen molar-refractivity contribution in [2.24, 2.45) is 0 Å². The van der Waals surface area contributed by atoms with Crippen molar-refractivity contribution in [1.82, 2.24) is 14.7 Å². The highest BCUT2D eigenvalue weighted by Gasteiger charge is 2.59. The second-order valence-corrected chi connectivity index (χ2v) is 7.04. The van der Waals surface area contributed by atoms with E-state index in [9.17, 15) is 14.4 Å². The molecule has 3 aliphatic heterocycles. The molecule has 3 fully saturated rings. The lowest BCUT2D eigenvalue weighted by Gasteiger charge is -2.23. The van der Waals surface area contributed by atoms with Gasteiger partial charge in [-0.3, -0.25) is 9.59 Å². The summed E-state index contributed by atoms with van der Waals surface area (Å²) < 4.78 is 0. The molecule has 3 saturated heterocycles. The van der Waals surface area contributed by atoms with Gasteiger partial charge in [0.05, 0.1) is 0 Å². The maximum Gasteiger partial charge on any atom is 0.328 e. The number of fused-ring (bicyclic) bond motifs is 1. The Kier molecular flexibility index (Phi) is 3.37. The van der Waals surface area contributed by atoms with Crippen LogP contribution in [0.3, 0.4) is 0 Å². The van der Waals surface area contributed by atoms with Crippen molar-refractivity contribution in [3.8, 4) is 0 Å². The zero-order chi connectivity index (χ0) is 16.9. The Morgan fingerprint density at radius 1 is 1.12 bits per heavy atom. The zero-order valence-electron chi connectivity index (χ0n) is 13.8. The largest absolute Gasteiger partial charge is 0.336 e. The number of urea groups is 1. The maximum absolute atomic E-state index is 12.8. The fourth-order valence-electron chi connectivity index (χ4n) is 4.17. The Bertz CT molecular complexity index is 705. The Morgan fingerprint density at radius 3 is 2.58 bits per heavy atom. The molecule has 0 bridgehead atoms. The predicted molar refractivity (Wildman–Crippen MR) is 86.9 cm³/mol. The van der Waals surface area contributed by atoms with E-state index in [1.807, 2.05) is 37.3 Å². The van der Waals surface area contributed by atoms with E-state index in [4.69, 9.17) is 0 Å². The van der Waals surface area contributed by atoms with Crippen molar-refractivity contribution >= 4 is 17.8 Å². The van der Waals surface area contributed by atoms with E-state index in [2.05, 4.69) is 0 Å². The summed E-state index contributed by atoms with van der Waals surface area (Å²) >= 11 is 0. The van der Waals surface area contributed by atoms with Gasteiger partial charge in [0, 0.05) is 19.6 Å². The van der Waals surface area contributed by atoms with E-state index < -0.39 is 11.6 Å². The minimum absolute atomic E-state index is 0.120. The van der Waals surface area contributed by atoms with Gasteiger partial charge in [0.15, 0.2) is 0 Å². The molecule has 6 nitrogen and oxygen atoms in total. The van der Waals surface area contributed by atoms with E-state index in [-0.39, 0.29) is 17.8 Å². The molecule has 1 aromatic carbocycles. The van der Waals surface area contributed by atoms with Crippen LogP contribution in [0, 0.1) is 0 Å². The summed E-state index contributed by atoms with van der Waals surface area (Å²) in [4.78, 5) is 42.9. The standard InChI is InChI=1S/C18H21N3O3/c1-18-9-5-10-20(18)17(24)21(16(18)23)14-8-11-19(15(14)22)12-13-6-3-2-4-7-13/h2-4,6-7,14H,5,8-12H2,1H3/t14-,18+/m1/s1. The molecule has 0 aromatic heterocycles. The first-order valence-electron chi connectivity index (χ1n) is 8.50. The number of benzene rings is 1. The first-order valence-corrected chi connectivity index (χ1v) is 8.50. The lowest BCUT2D eigenvalue weighted by molar-refractivity contribution is -0.140. The fraction of sp³-hybridized carbons (Fsp3) is 0.500. The highest BCUT2D eigenvalue weighted by molar-refractivity contribution is 6.10. The molecule has 4 amide bonds. The van der Waals surface area contributed by atoms with Crippen molar-refractivity contribution in [3.63, 3.8) is 0 Å². The minimum Gasteiger partial charge on any atom is -0.336 e. The lowest BCUT2D eigenvalue weighted by Crippen LogP contribution is -2.47. The van der Waals surface area contributed by atoms with Crippen molar-refractivity contribution < 1.29 is 14.4 Å². The quantitative estimate of drug-likeness (QED) is 0.792. The molecule has 2 atom stereocenters. The molecule has 0 aliphatic carbocycles. The van der Waals surface area contributed by atoms with E-state index in [1.54, 1.807) is 9.80 Å². The van der Waals surface area contributed by atoms with Crippen LogP contribution in [-0.4, -0.2) is 57.2 Å². The van der Waals surface area contributed by atoms with Gasteiger partial charge in [0.2, 0.25) is 5.91 Å². The SMILES string of the molecule is C[C@@]12CCCN1C(=O)N([C@@H]1CCN(Cc3ccccc3)C1=O)C2=O. The van der Waals surface area contributed by atoms with Gasteiger partial charge in [-0.1, -0.05) is 30.3 Å². The summed E-state index contributed by atoms with van der Waals surface area (Å²) in [7, 11) is 0. The molecule has 0 spiro atoms. The number of nitrogens with zero attached hydrogens (tertiary/aromatic N) is 3. The van der Waals surface area contributed by atoms with E-state index in [0.29, 0.717) is 32.5 Å². The molecular formula is C18H21N3O3. The van der Waals surface area contributed by atoms with E-state index in [1.165, 1.54) is 4.90 Å². The van der Waals surface area contributed by atoms with Crippen LogP contribution >= 0.6 is 0 Å². The van der Waals surface area contributed by atoms with Gasteiger partial charge < -0.3 is 9.80 Å². The summed E-state index contributed by atoms with van der Waals surface area (Å²) in [6.45, 7) is 3.52. The highest BCUT2D eigenvalue weighted by atomic mass is 16.2. The summed E-state index contributed by atoms with van der Waals surface area (Å²) in [5.74, 6) is -0.324. The number of imide groups is 1. The number of carbonyl (C=O) groups is 3. The van der Waals surface area contributed by atoms with E-state index >= 15 is 0 Å². The second-order valence-electron chi connectivity index (χ2n) is 7.04. The Morgan fingerprint density at radius 2 is 1.88 bits per heavy atom. The molecular weight excluding hydrogens is 306 g/mol. The highest BCUT2D eigenvalue weighted by Crippen LogP contribution is 2.39. The monoisotopic (exact) mass is 327 g/mol. The molecule has 4 rings (SSSR count). The van der Waals surface area contributed by atoms with E-state index in [0.717, 1.165) is 12.0 Å². The third-order valence-corrected chi connectivity index (χ3v) is 5.55. The molecule has 1 aromatic rings. The molecule has 0 N–H and O–H groups in total. The Balaban J connectivity index is 1.53. The average molecular weight is 327 g/mol. The van der Waals surface area contributed by atoms with Crippen LogP contribution in [0.15, 0.2) is 30.3 Å². The van der Waals surface area contributed by atoms with Gasteiger partial charge in [-0.2, -0.15) is 0 Å². The number of amides is 4. The van der Waals surface area contributed by atoms with Gasteiger partial charge in [-0.05, 0) is 31.7 Å². The molecule has 3 aliphatic rings. The molecule has 0 unspecified atom stereocenters. The van der Waals surface area contributed by atoms with Crippen LogP contribution in [0.2, 0.25) is 0 Å². The Labute approximate surface area is 141 Å². The third-order valence-electron chi connectivity index (χ3n) is 5.55. The molecule has 0 radical (unpaired) electrons. The summed E-state index contributed by atoms with van der Waals surface area (Å²) in [5, 5.41) is 0. The van der Waals surface area contributed by atoms with Crippen LogP contribution in [0.4, 0.5) is 4.79 Å². The topological polar surface area (TPSA) is 60.9 Å². The molecule has 126 valence electrons. The number of hydrogen-bond acceptors (Lipinski definition) is 3. The lowest BCUT2D eigenvalue weighted by atomic mass is 9.99. The number of hydrogen-bond donors (Lipinski definition) is 0. The first-order chi connectivity index (χ1) is 11.5. The van der Waals surface area contributed by atoms with Gasteiger partial charge in [-0.25, -0.2) is 9.69 Å². The molecule has 0 saturated carbocycles. The van der Waals surface area contributed by atoms with Crippen LogP contribution in [0.5, 0.6) is 0 Å². The summed E-state index contributed by atoms with van der Waals surface area (Å²) in [5.41, 5.74) is 0.308. The van der Waals surface area contributed by atoms with Crippen LogP contribution in [-0.2, 0) is 16.1 Å². The zero-order valence-corrected chi connectivity index (χ0v) is 13.8. The van der Waals surface area contributed by atoms with Gasteiger partial charge in [0.1, 0.15) is 11.6 Å². The average Bonchev–Trinajstić information content (AvgIpc) is 3.18. The van der Waals surface area contributed by atoms with Crippen LogP contribution in [0.25, 0.3) is 0 Å². The molecule has 24 heavy (non-hydrogen) atoms. The van der Waals surface area contributed by atoms with Crippen molar-refractivity contribution in [3.05, 3.63) is 35.9 Å². The predicted octanol–water partition coefficient (Wildman–Crippen LogP) is 1.60. The van der Waals surface area contributed by atoms with Crippen molar-refractivity contribution in [2.75, 3.05) is 13.1 Å². The Hall–Kier alpha value is -2.37. The molecule has 6 heteroatoms. The minimum atomic E-state index is -0.746. The smallest absolute Gasteiger partial charge is 0.328 e. The molecule has 3 heterocycles. The van der Waals surface area contributed by atoms with Crippen LogP contribution < -0.4 is 0 Å². The number of carbonyl (C=O) groups excluding carboxylic acids is 3. The first kappa shape index (κ1) is 15.2. The number of likely N-dealkylation sites (tertiary alicyclic amines) is 1. The normalized spacial score (nSPS) is 29.8. The van der Waals surface area contributed by atoms with Crippen LogP contribution in [0.1, 0.15) is 31.7 Å². The van der Waals surface area contributed by atoms with Gasteiger partial charge in [0.25, 0.3) is 5.91 Å². The maximum atomic E-state index is 12.8. The van der Waals surface area contributed by atoms with Gasteiger partial charge in [-0.15, -0.1) is 0 Å². The second kappa shape index (κ2) is 5.33. The van der Waals surface area contributed by atoms with Gasteiger partial charge >= 0.3 is 6.03 Å². The fourth-order valence-corrected chi connectivity index (χ4v) is 4.17. The summed E-state index contributed by atoms with van der Waals surface area (Å²) in [6, 6.07) is 8.84. The van der Waals surface area contributed by atoms with Crippen molar-refractivity contribution in [2.45, 2.75) is 44.3 Å². The third kappa shape index (κ3) is 2.05. The van der Waals surface area contributed by atoms with Crippen molar-refractivity contribution in [1.29, 1.82) is 0 Å².